The largest absolute Gasteiger partial charge is 0.378 e. The van der Waals surface area contributed by atoms with Gasteiger partial charge in [-0.15, -0.1) is 0 Å². The molecule has 0 spiro atoms. The van der Waals surface area contributed by atoms with Crippen LogP contribution in [0, 0.1) is 0 Å². The first-order valence-electron chi connectivity index (χ1n) is 7.47. The molecule has 4 nitrogen and oxygen atoms in total. The molecule has 1 saturated heterocycles. The predicted molar refractivity (Wildman–Crippen MR) is 90.2 cm³/mol. The van der Waals surface area contributed by atoms with Crippen LogP contribution in [0.1, 0.15) is 46.1 Å². The van der Waals surface area contributed by atoms with Gasteiger partial charge in [0.05, 0.1) is 12.3 Å². The van der Waals surface area contributed by atoms with Crippen molar-refractivity contribution in [3.8, 4) is 0 Å². The third-order valence-electron chi connectivity index (χ3n) is 3.48. The summed E-state index contributed by atoms with van der Waals surface area (Å²) in [7, 11) is 1.71. The highest BCUT2D eigenvalue weighted by Crippen LogP contribution is 2.32. The zero-order chi connectivity index (χ0) is 15.7. The maximum absolute atomic E-state index is 5.27. The van der Waals surface area contributed by atoms with Crippen LogP contribution in [-0.2, 0) is 16.8 Å². The van der Waals surface area contributed by atoms with Crippen molar-refractivity contribution in [2.75, 3.05) is 30.9 Å². The lowest BCUT2D eigenvalue weighted by Gasteiger charge is -2.38. The molecule has 0 saturated carbocycles. The van der Waals surface area contributed by atoms with Gasteiger partial charge in [0.2, 0.25) is 0 Å². The Kier molecular flexibility index (Phi) is 4.83. The van der Waals surface area contributed by atoms with Crippen molar-refractivity contribution in [2.45, 2.75) is 51.4 Å². The lowest BCUT2D eigenvalue weighted by atomic mass is 9.95. The molecule has 2 rings (SSSR count). The molecule has 1 aromatic rings. The van der Waals surface area contributed by atoms with Gasteiger partial charge in [0.15, 0.2) is 0 Å². The minimum Gasteiger partial charge on any atom is -0.378 e. The van der Waals surface area contributed by atoms with E-state index in [-0.39, 0.29) is 10.2 Å². The van der Waals surface area contributed by atoms with Gasteiger partial charge in [-0.1, -0.05) is 20.8 Å². The molecule has 118 valence electrons. The van der Waals surface area contributed by atoms with E-state index in [1.54, 1.807) is 7.11 Å². The Labute approximate surface area is 132 Å². The summed E-state index contributed by atoms with van der Waals surface area (Å²) in [4.78, 5) is 11.9. The number of rotatable bonds is 3. The van der Waals surface area contributed by atoms with E-state index in [1.807, 2.05) is 11.8 Å². The van der Waals surface area contributed by atoms with Crippen molar-refractivity contribution in [3.63, 3.8) is 0 Å². The molecule has 1 fully saturated rings. The Hall–Kier alpha value is -0.810. The standard InChI is InChI=1S/C16H27N3OS/c1-15(2,3)14-17-12(10-20-6)9-13(18-14)19-7-8-21-16(4,5)11-19/h9H,7-8,10-11H2,1-6H3. The number of thioether (sulfide) groups is 1. The molecule has 0 aromatic carbocycles. The van der Waals surface area contributed by atoms with Gasteiger partial charge in [0, 0.05) is 42.2 Å². The van der Waals surface area contributed by atoms with Crippen LogP contribution in [0.15, 0.2) is 6.07 Å². The second-order valence-corrected chi connectivity index (χ2v) is 9.06. The van der Waals surface area contributed by atoms with E-state index in [2.05, 4.69) is 50.6 Å². The summed E-state index contributed by atoms with van der Waals surface area (Å²) in [6, 6.07) is 2.07. The lowest BCUT2D eigenvalue weighted by Crippen LogP contribution is -2.43. The molecule has 1 aliphatic rings. The van der Waals surface area contributed by atoms with Crippen LogP contribution in [0.25, 0.3) is 0 Å². The summed E-state index contributed by atoms with van der Waals surface area (Å²) in [5.74, 6) is 3.07. The number of aromatic nitrogens is 2. The molecular formula is C16H27N3OS. The van der Waals surface area contributed by atoms with Crippen molar-refractivity contribution < 1.29 is 4.74 Å². The minimum atomic E-state index is -0.0570. The van der Waals surface area contributed by atoms with Crippen molar-refractivity contribution >= 4 is 17.6 Å². The maximum Gasteiger partial charge on any atom is 0.136 e. The summed E-state index contributed by atoms with van der Waals surface area (Å²) in [5, 5.41) is 0. The van der Waals surface area contributed by atoms with Crippen LogP contribution in [0.3, 0.4) is 0 Å². The summed E-state index contributed by atoms with van der Waals surface area (Å²) in [6.07, 6.45) is 0. The Morgan fingerprint density at radius 1 is 1.33 bits per heavy atom. The normalized spacial score (nSPS) is 18.9. The van der Waals surface area contributed by atoms with Crippen LogP contribution in [0.2, 0.25) is 0 Å². The van der Waals surface area contributed by atoms with Gasteiger partial charge < -0.3 is 9.64 Å². The van der Waals surface area contributed by atoms with Crippen LogP contribution >= 0.6 is 11.8 Å². The summed E-state index contributed by atoms with van der Waals surface area (Å²) < 4.78 is 5.54. The molecule has 21 heavy (non-hydrogen) atoms. The number of hydrogen-bond donors (Lipinski definition) is 0. The number of anilines is 1. The van der Waals surface area contributed by atoms with E-state index in [0.717, 1.165) is 36.2 Å². The molecule has 5 heteroatoms. The number of hydrogen-bond acceptors (Lipinski definition) is 5. The first-order valence-corrected chi connectivity index (χ1v) is 8.46. The summed E-state index contributed by atoms with van der Waals surface area (Å²) >= 11 is 2.03. The molecule has 0 bridgehead atoms. The third-order valence-corrected chi connectivity index (χ3v) is 4.78. The highest BCUT2D eigenvalue weighted by atomic mass is 32.2. The molecule has 1 aliphatic heterocycles. The van der Waals surface area contributed by atoms with Crippen molar-refractivity contribution in [3.05, 3.63) is 17.6 Å². The minimum absolute atomic E-state index is 0.0570. The summed E-state index contributed by atoms with van der Waals surface area (Å²) in [5.41, 5.74) is 0.905. The van der Waals surface area contributed by atoms with Crippen molar-refractivity contribution in [1.29, 1.82) is 0 Å². The molecule has 0 atom stereocenters. The second kappa shape index (κ2) is 6.13. The fourth-order valence-corrected chi connectivity index (χ4v) is 3.53. The smallest absolute Gasteiger partial charge is 0.136 e. The van der Waals surface area contributed by atoms with E-state index in [4.69, 9.17) is 9.72 Å². The lowest BCUT2D eigenvalue weighted by molar-refractivity contribution is 0.181. The Bertz CT molecular complexity index is 497. The van der Waals surface area contributed by atoms with Gasteiger partial charge in [-0.3, -0.25) is 0 Å². The zero-order valence-electron chi connectivity index (χ0n) is 14.1. The van der Waals surface area contributed by atoms with Crippen LogP contribution in [-0.4, -0.2) is 40.7 Å². The van der Waals surface area contributed by atoms with Gasteiger partial charge in [0.1, 0.15) is 11.6 Å². The van der Waals surface area contributed by atoms with Crippen LogP contribution < -0.4 is 4.90 Å². The van der Waals surface area contributed by atoms with Gasteiger partial charge in [-0.2, -0.15) is 11.8 Å². The average Bonchev–Trinajstić information content (AvgIpc) is 2.36. The highest BCUT2D eigenvalue weighted by molar-refractivity contribution is 8.00. The Balaban J connectivity index is 2.35. The van der Waals surface area contributed by atoms with Gasteiger partial charge >= 0.3 is 0 Å². The number of methoxy groups -OCH3 is 1. The predicted octanol–water partition coefficient (Wildman–Crippen LogP) is 3.25. The van der Waals surface area contributed by atoms with Crippen LogP contribution in [0.4, 0.5) is 5.82 Å². The molecule has 0 aliphatic carbocycles. The molecular weight excluding hydrogens is 282 g/mol. The van der Waals surface area contributed by atoms with E-state index in [0.29, 0.717) is 6.61 Å². The van der Waals surface area contributed by atoms with Gasteiger partial charge in [0.25, 0.3) is 0 Å². The maximum atomic E-state index is 5.27. The molecule has 2 heterocycles. The fraction of sp³-hybridized carbons (Fsp3) is 0.750. The first-order chi connectivity index (χ1) is 9.71. The second-order valence-electron chi connectivity index (χ2n) is 7.25. The van der Waals surface area contributed by atoms with Crippen molar-refractivity contribution in [1.82, 2.24) is 9.97 Å². The number of nitrogens with zero attached hydrogens (tertiary/aromatic N) is 3. The van der Waals surface area contributed by atoms with Gasteiger partial charge in [-0.25, -0.2) is 9.97 Å². The molecule has 0 amide bonds. The molecule has 0 N–H and O–H groups in total. The van der Waals surface area contributed by atoms with E-state index in [9.17, 15) is 0 Å². The SMILES string of the molecule is COCc1cc(N2CCSC(C)(C)C2)nc(C(C)(C)C)n1. The average molecular weight is 309 g/mol. The highest BCUT2D eigenvalue weighted by Gasteiger charge is 2.29. The van der Waals surface area contributed by atoms with Gasteiger partial charge in [-0.05, 0) is 13.8 Å². The zero-order valence-corrected chi connectivity index (χ0v) is 14.9. The summed E-state index contributed by atoms with van der Waals surface area (Å²) in [6.45, 7) is 13.6. The third kappa shape index (κ3) is 4.33. The molecule has 0 radical (unpaired) electrons. The van der Waals surface area contributed by atoms with Crippen molar-refractivity contribution in [2.24, 2.45) is 0 Å². The Morgan fingerprint density at radius 3 is 2.62 bits per heavy atom. The Morgan fingerprint density at radius 2 is 2.05 bits per heavy atom. The molecule has 1 aromatic heterocycles. The quantitative estimate of drug-likeness (QED) is 0.857. The van der Waals surface area contributed by atoms with E-state index in [1.165, 1.54) is 0 Å². The molecule has 0 unspecified atom stereocenters. The fourth-order valence-electron chi connectivity index (χ4n) is 2.41. The number of ether oxygens (including phenoxy) is 1. The van der Waals surface area contributed by atoms with Crippen LogP contribution in [0.5, 0.6) is 0 Å². The monoisotopic (exact) mass is 309 g/mol. The first kappa shape index (κ1) is 16.6. The van der Waals surface area contributed by atoms with E-state index < -0.39 is 0 Å². The topological polar surface area (TPSA) is 38.2 Å². The van der Waals surface area contributed by atoms with E-state index >= 15 is 0 Å².